The van der Waals surface area contributed by atoms with Crippen molar-refractivity contribution >= 4 is 12.0 Å². The number of rotatable bonds is 3. The van der Waals surface area contributed by atoms with Crippen LogP contribution in [0.4, 0.5) is 5.82 Å². The van der Waals surface area contributed by atoms with Gasteiger partial charge >= 0.3 is 0 Å². The summed E-state index contributed by atoms with van der Waals surface area (Å²) in [5, 5.41) is 4.07. The average molecular weight is 197 g/mol. The van der Waals surface area contributed by atoms with Crippen molar-refractivity contribution < 1.29 is 0 Å². The van der Waals surface area contributed by atoms with Gasteiger partial charge in [-0.25, -0.2) is 4.98 Å². The van der Waals surface area contributed by atoms with Gasteiger partial charge < -0.3 is 0 Å². The molecular weight excluding hydrogens is 186 g/mol. The molecule has 0 bridgehead atoms. The van der Waals surface area contributed by atoms with E-state index in [0.29, 0.717) is 0 Å². The van der Waals surface area contributed by atoms with E-state index in [1.165, 1.54) is 0 Å². The lowest BCUT2D eigenvalue weighted by molar-refractivity contribution is 1.23. The number of anilines is 1. The molecule has 0 radical (unpaired) electrons. The first-order valence-electron chi connectivity index (χ1n) is 4.70. The molecule has 0 unspecified atom stereocenters. The third-order valence-electron chi connectivity index (χ3n) is 1.86. The summed E-state index contributed by atoms with van der Waals surface area (Å²) in [5.41, 5.74) is 3.91. The fraction of sp³-hybridized carbons (Fsp3) is 0. The first kappa shape index (κ1) is 9.40. The number of nitrogens with zero attached hydrogens (tertiary/aromatic N) is 2. The molecule has 15 heavy (non-hydrogen) atoms. The first-order chi connectivity index (χ1) is 7.45. The molecule has 3 nitrogen and oxygen atoms in total. The summed E-state index contributed by atoms with van der Waals surface area (Å²) in [4.78, 5) is 4.09. The minimum Gasteiger partial charge on any atom is -0.261 e. The Labute approximate surface area is 88.5 Å². The van der Waals surface area contributed by atoms with Gasteiger partial charge in [-0.2, -0.15) is 5.10 Å². The van der Waals surface area contributed by atoms with Gasteiger partial charge in [0, 0.05) is 6.20 Å². The monoisotopic (exact) mass is 197 g/mol. The number of nitrogens with one attached hydrogen (secondary N) is 1. The topological polar surface area (TPSA) is 37.3 Å². The Balaban J connectivity index is 1.97. The second-order valence-corrected chi connectivity index (χ2v) is 3.00. The lowest BCUT2D eigenvalue weighted by Gasteiger charge is -1.96. The molecular formula is C12H11N3. The highest BCUT2D eigenvalue weighted by Gasteiger charge is 1.86. The first-order valence-corrected chi connectivity index (χ1v) is 4.70. The summed E-state index contributed by atoms with van der Waals surface area (Å²) in [6, 6.07) is 15.5. The van der Waals surface area contributed by atoms with Crippen LogP contribution < -0.4 is 5.43 Å². The molecule has 0 fully saturated rings. The Morgan fingerprint density at radius 2 is 1.80 bits per heavy atom. The van der Waals surface area contributed by atoms with Gasteiger partial charge in [0.1, 0.15) is 5.82 Å². The fourth-order valence-electron chi connectivity index (χ4n) is 1.14. The molecule has 0 amide bonds. The van der Waals surface area contributed by atoms with Gasteiger partial charge in [0.05, 0.1) is 6.21 Å². The number of hydrogen-bond acceptors (Lipinski definition) is 3. The van der Waals surface area contributed by atoms with Gasteiger partial charge in [-0.3, -0.25) is 5.43 Å². The summed E-state index contributed by atoms with van der Waals surface area (Å²) in [6.07, 6.45) is 3.48. The largest absolute Gasteiger partial charge is 0.261 e. The zero-order chi connectivity index (χ0) is 10.3. The highest BCUT2D eigenvalue weighted by Crippen LogP contribution is 1.99. The molecule has 0 saturated carbocycles. The number of pyridine rings is 1. The molecule has 0 aliphatic heterocycles. The smallest absolute Gasteiger partial charge is 0.146 e. The molecule has 0 aliphatic rings. The molecule has 1 aromatic carbocycles. The van der Waals surface area contributed by atoms with E-state index in [-0.39, 0.29) is 0 Å². The molecule has 0 atom stereocenters. The number of hydrazone groups is 1. The van der Waals surface area contributed by atoms with Crippen LogP contribution in [-0.4, -0.2) is 11.2 Å². The number of benzene rings is 1. The lowest BCUT2D eigenvalue weighted by atomic mass is 10.2. The van der Waals surface area contributed by atoms with Crippen molar-refractivity contribution in [1.29, 1.82) is 0 Å². The van der Waals surface area contributed by atoms with E-state index in [4.69, 9.17) is 0 Å². The fourth-order valence-corrected chi connectivity index (χ4v) is 1.14. The molecule has 1 aromatic heterocycles. The molecule has 0 spiro atoms. The van der Waals surface area contributed by atoms with Crippen LogP contribution in [-0.2, 0) is 0 Å². The summed E-state index contributed by atoms with van der Waals surface area (Å²) < 4.78 is 0. The van der Waals surface area contributed by atoms with Crippen molar-refractivity contribution in [2.24, 2.45) is 5.10 Å². The molecule has 3 heteroatoms. The van der Waals surface area contributed by atoms with E-state index in [0.717, 1.165) is 11.4 Å². The van der Waals surface area contributed by atoms with Gasteiger partial charge in [-0.15, -0.1) is 0 Å². The molecule has 0 saturated heterocycles. The zero-order valence-corrected chi connectivity index (χ0v) is 8.17. The van der Waals surface area contributed by atoms with Crippen LogP contribution in [0.15, 0.2) is 59.8 Å². The number of aromatic nitrogens is 1. The van der Waals surface area contributed by atoms with Crippen LogP contribution in [0.5, 0.6) is 0 Å². The van der Waals surface area contributed by atoms with Crippen LogP contribution in [0.2, 0.25) is 0 Å². The zero-order valence-electron chi connectivity index (χ0n) is 8.17. The van der Waals surface area contributed by atoms with Gasteiger partial charge in [-0.1, -0.05) is 36.4 Å². The Hall–Kier alpha value is -2.16. The highest BCUT2D eigenvalue weighted by molar-refractivity contribution is 5.79. The predicted octanol–water partition coefficient (Wildman–Crippen LogP) is 2.53. The van der Waals surface area contributed by atoms with Gasteiger partial charge in [-0.05, 0) is 17.7 Å². The second-order valence-electron chi connectivity index (χ2n) is 3.00. The quantitative estimate of drug-likeness (QED) is 0.606. The molecule has 1 N–H and O–H groups in total. The standard InChI is InChI=1S/C12H11N3/c1-2-6-11(7-3-1)10-14-15-12-8-4-5-9-13-12/h1-10H,(H,13,15)/b14-10-. The Morgan fingerprint density at radius 1 is 1.00 bits per heavy atom. The van der Waals surface area contributed by atoms with E-state index in [2.05, 4.69) is 15.5 Å². The van der Waals surface area contributed by atoms with Gasteiger partial charge in [0.25, 0.3) is 0 Å². The van der Waals surface area contributed by atoms with E-state index in [1.807, 2.05) is 48.5 Å². The lowest BCUT2D eigenvalue weighted by Crippen LogP contribution is -1.92. The molecule has 2 rings (SSSR count). The third-order valence-corrected chi connectivity index (χ3v) is 1.86. The molecule has 0 aliphatic carbocycles. The summed E-state index contributed by atoms with van der Waals surface area (Å²) in [5.74, 6) is 0.740. The Kier molecular flexibility index (Phi) is 3.07. The van der Waals surface area contributed by atoms with Crippen molar-refractivity contribution in [1.82, 2.24) is 4.98 Å². The summed E-state index contributed by atoms with van der Waals surface area (Å²) in [7, 11) is 0. The summed E-state index contributed by atoms with van der Waals surface area (Å²) in [6.45, 7) is 0. The van der Waals surface area contributed by atoms with E-state index >= 15 is 0 Å². The predicted molar refractivity (Wildman–Crippen MR) is 61.9 cm³/mol. The molecule has 74 valence electrons. The van der Waals surface area contributed by atoms with E-state index < -0.39 is 0 Å². The highest BCUT2D eigenvalue weighted by atomic mass is 15.3. The minimum absolute atomic E-state index is 0.740. The van der Waals surface area contributed by atoms with Crippen molar-refractivity contribution in [3.63, 3.8) is 0 Å². The van der Waals surface area contributed by atoms with Gasteiger partial charge in [0.15, 0.2) is 0 Å². The Morgan fingerprint density at radius 3 is 2.53 bits per heavy atom. The Bertz CT molecular complexity index is 423. The molecule has 1 heterocycles. The van der Waals surface area contributed by atoms with Crippen molar-refractivity contribution in [3.05, 3.63) is 60.3 Å². The SMILES string of the molecule is C(=N/Nc1ccccn1)/c1ccccc1. The van der Waals surface area contributed by atoms with Crippen molar-refractivity contribution in [2.45, 2.75) is 0 Å². The van der Waals surface area contributed by atoms with Crippen molar-refractivity contribution in [2.75, 3.05) is 5.43 Å². The molecule has 2 aromatic rings. The van der Waals surface area contributed by atoms with Crippen LogP contribution in [0.3, 0.4) is 0 Å². The van der Waals surface area contributed by atoms with E-state index in [1.54, 1.807) is 12.4 Å². The van der Waals surface area contributed by atoms with Crippen molar-refractivity contribution in [3.8, 4) is 0 Å². The minimum atomic E-state index is 0.740. The average Bonchev–Trinajstić information content (AvgIpc) is 2.32. The van der Waals surface area contributed by atoms with Gasteiger partial charge in [0.2, 0.25) is 0 Å². The van der Waals surface area contributed by atoms with Crippen LogP contribution in [0.25, 0.3) is 0 Å². The normalized spacial score (nSPS) is 10.4. The third kappa shape index (κ3) is 2.91. The maximum atomic E-state index is 4.09. The van der Waals surface area contributed by atoms with E-state index in [9.17, 15) is 0 Å². The van der Waals surface area contributed by atoms with Crippen LogP contribution >= 0.6 is 0 Å². The number of hydrogen-bond donors (Lipinski definition) is 1. The van der Waals surface area contributed by atoms with Crippen LogP contribution in [0, 0.1) is 0 Å². The van der Waals surface area contributed by atoms with Crippen LogP contribution in [0.1, 0.15) is 5.56 Å². The maximum Gasteiger partial charge on any atom is 0.146 e. The second kappa shape index (κ2) is 4.91. The maximum absolute atomic E-state index is 4.09. The summed E-state index contributed by atoms with van der Waals surface area (Å²) >= 11 is 0.